The Morgan fingerprint density at radius 3 is 3.05 bits per heavy atom. The van der Waals surface area contributed by atoms with Crippen molar-refractivity contribution in [3.63, 3.8) is 0 Å². The Kier molecular flexibility index (Phi) is 4.54. The standard InChI is InChI=1S/C14H16ClN5OS/c1-22-12-5-2-9(15)6-11(12)18-14(21)16-7-13-19-17-8-20(13)10-3-4-10/h2,5-6,8,10H,3-4,7H2,1H3,(H2,16,18,21). The van der Waals surface area contributed by atoms with E-state index in [9.17, 15) is 4.79 Å². The van der Waals surface area contributed by atoms with Gasteiger partial charge in [0.1, 0.15) is 6.33 Å². The molecule has 1 heterocycles. The summed E-state index contributed by atoms with van der Waals surface area (Å²) in [4.78, 5) is 13.0. The van der Waals surface area contributed by atoms with Crippen molar-refractivity contribution in [2.24, 2.45) is 0 Å². The predicted molar refractivity (Wildman–Crippen MR) is 87.4 cm³/mol. The van der Waals surface area contributed by atoms with E-state index in [1.54, 1.807) is 30.2 Å². The van der Waals surface area contributed by atoms with Crippen LogP contribution >= 0.6 is 23.4 Å². The van der Waals surface area contributed by atoms with Gasteiger partial charge >= 0.3 is 6.03 Å². The van der Waals surface area contributed by atoms with Gasteiger partial charge in [-0.25, -0.2) is 4.79 Å². The van der Waals surface area contributed by atoms with E-state index in [-0.39, 0.29) is 6.03 Å². The fraction of sp³-hybridized carbons (Fsp3) is 0.357. The maximum atomic E-state index is 12.1. The highest BCUT2D eigenvalue weighted by Gasteiger charge is 2.26. The van der Waals surface area contributed by atoms with Crippen LogP contribution in [0.25, 0.3) is 0 Å². The molecule has 1 fully saturated rings. The van der Waals surface area contributed by atoms with Crippen LogP contribution in [0.1, 0.15) is 24.7 Å². The SMILES string of the molecule is CSc1ccc(Cl)cc1NC(=O)NCc1nncn1C1CC1. The summed E-state index contributed by atoms with van der Waals surface area (Å²) in [6.07, 6.45) is 5.97. The largest absolute Gasteiger partial charge is 0.331 e. The van der Waals surface area contributed by atoms with E-state index in [2.05, 4.69) is 20.8 Å². The van der Waals surface area contributed by atoms with Crippen molar-refractivity contribution in [1.29, 1.82) is 0 Å². The normalized spacial score (nSPS) is 13.9. The number of nitrogens with zero attached hydrogens (tertiary/aromatic N) is 3. The van der Waals surface area contributed by atoms with E-state index >= 15 is 0 Å². The lowest BCUT2D eigenvalue weighted by molar-refractivity contribution is 0.251. The first-order valence-corrected chi connectivity index (χ1v) is 8.54. The van der Waals surface area contributed by atoms with Crippen LogP contribution < -0.4 is 10.6 Å². The number of hydrogen-bond acceptors (Lipinski definition) is 4. The van der Waals surface area contributed by atoms with Crippen molar-refractivity contribution in [3.05, 3.63) is 35.4 Å². The molecule has 0 saturated heterocycles. The second kappa shape index (κ2) is 6.58. The van der Waals surface area contributed by atoms with Crippen LogP contribution in [0.4, 0.5) is 10.5 Å². The molecule has 2 N–H and O–H groups in total. The molecule has 8 heteroatoms. The summed E-state index contributed by atoms with van der Waals surface area (Å²) in [5, 5.41) is 14.2. The van der Waals surface area contributed by atoms with Crippen LogP contribution in [0, 0.1) is 0 Å². The van der Waals surface area contributed by atoms with Crippen LogP contribution in [0.3, 0.4) is 0 Å². The molecule has 2 aromatic rings. The average Bonchev–Trinajstić information content (AvgIpc) is 3.24. The minimum absolute atomic E-state index is 0.289. The number of aromatic nitrogens is 3. The van der Waals surface area contributed by atoms with Gasteiger partial charge in [-0.2, -0.15) is 0 Å². The van der Waals surface area contributed by atoms with Crippen molar-refractivity contribution in [3.8, 4) is 0 Å². The van der Waals surface area contributed by atoms with E-state index < -0.39 is 0 Å². The van der Waals surface area contributed by atoms with Gasteiger partial charge in [-0.05, 0) is 37.3 Å². The van der Waals surface area contributed by atoms with Gasteiger partial charge in [0, 0.05) is 16.0 Å². The molecular weight excluding hydrogens is 322 g/mol. The quantitative estimate of drug-likeness (QED) is 0.821. The number of urea groups is 1. The lowest BCUT2D eigenvalue weighted by Crippen LogP contribution is -2.29. The van der Waals surface area contributed by atoms with Gasteiger partial charge in [0.05, 0.1) is 12.2 Å². The molecule has 3 rings (SSSR count). The molecule has 1 aliphatic rings. The molecular formula is C14H16ClN5OS. The van der Waals surface area contributed by atoms with Gasteiger partial charge < -0.3 is 15.2 Å². The van der Waals surface area contributed by atoms with Crippen molar-refractivity contribution < 1.29 is 4.79 Å². The van der Waals surface area contributed by atoms with Gasteiger partial charge in [0.25, 0.3) is 0 Å². The summed E-state index contributed by atoms with van der Waals surface area (Å²) in [6, 6.07) is 5.62. The molecule has 1 aromatic carbocycles. The third-order valence-corrected chi connectivity index (χ3v) is 4.44. The summed E-state index contributed by atoms with van der Waals surface area (Å²) >= 11 is 7.52. The summed E-state index contributed by atoms with van der Waals surface area (Å²) in [5.74, 6) is 0.772. The lowest BCUT2D eigenvalue weighted by Gasteiger charge is -2.11. The second-order valence-electron chi connectivity index (χ2n) is 5.04. The van der Waals surface area contributed by atoms with Gasteiger partial charge in [0.2, 0.25) is 0 Å². The fourth-order valence-electron chi connectivity index (χ4n) is 2.15. The predicted octanol–water partition coefficient (Wildman–Crippen LogP) is 3.31. The molecule has 1 aromatic heterocycles. The summed E-state index contributed by atoms with van der Waals surface area (Å²) in [6.45, 7) is 0.345. The maximum Gasteiger partial charge on any atom is 0.319 e. The molecule has 6 nitrogen and oxygen atoms in total. The Bertz CT molecular complexity index is 686. The summed E-state index contributed by atoms with van der Waals surface area (Å²) in [7, 11) is 0. The third-order valence-electron chi connectivity index (χ3n) is 3.40. The minimum Gasteiger partial charge on any atom is -0.331 e. The minimum atomic E-state index is -0.289. The molecule has 0 atom stereocenters. The van der Waals surface area contributed by atoms with E-state index in [1.807, 2.05) is 16.9 Å². The first-order chi connectivity index (χ1) is 10.7. The molecule has 0 radical (unpaired) electrons. The third kappa shape index (κ3) is 3.53. The van der Waals surface area contributed by atoms with Gasteiger partial charge in [-0.1, -0.05) is 11.6 Å². The number of carbonyl (C=O) groups is 1. The lowest BCUT2D eigenvalue weighted by atomic mass is 10.3. The average molecular weight is 338 g/mol. The van der Waals surface area contributed by atoms with E-state index in [0.717, 1.165) is 23.6 Å². The monoisotopic (exact) mass is 337 g/mol. The number of benzene rings is 1. The smallest absolute Gasteiger partial charge is 0.319 e. The first kappa shape index (κ1) is 15.2. The van der Waals surface area contributed by atoms with Crippen LogP contribution in [-0.2, 0) is 6.54 Å². The summed E-state index contributed by atoms with van der Waals surface area (Å²) < 4.78 is 2.02. The van der Waals surface area contributed by atoms with Crippen molar-refractivity contribution in [1.82, 2.24) is 20.1 Å². The molecule has 116 valence electrons. The number of amides is 2. The molecule has 0 bridgehead atoms. The zero-order valence-corrected chi connectivity index (χ0v) is 13.6. The van der Waals surface area contributed by atoms with Crippen molar-refractivity contribution >= 4 is 35.1 Å². The maximum absolute atomic E-state index is 12.1. The highest BCUT2D eigenvalue weighted by Crippen LogP contribution is 2.35. The van der Waals surface area contributed by atoms with E-state index in [4.69, 9.17) is 11.6 Å². The van der Waals surface area contributed by atoms with Gasteiger partial charge in [-0.3, -0.25) is 0 Å². The van der Waals surface area contributed by atoms with Crippen molar-refractivity contribution in [2.75, 3.05) is 11.6 Å². The Labute approximate surface area is 137 Å². The molecule has 1 saturated carbocycles. The van der Waals surface area contributed by atoms with Crippen molar-refractivity contribution in [2.45, 2.75) is 30.3 Å². The zero-order valence-electron chi connectivity index (χ0n) is 12.0. The highest BCUT2D eigenvalue weighted by atomic mass is 35.5. The molecule has 0 unspecified atom stereocenters. The second-order valence-corrected chi connectivity index (χ2v) is 6.32. The van der Waals surface area contributed by atoms with Crippen LogP contribution in [-0.4, -0.2) is 27.1 Å². The number of thioether (sulfide) groups is 1. The molecule has 2 amide bonds. The number of nitrogens with one attached hydrogen (secondary N) is 2. The number of rotatable bonds is 5. The number of hydrogen-bond donors (Lipinski definition) is 2. The molecule has 22 heavy (non-hydrogen) atoms. The molecule has 0 spiro atoms. The Hall–Kier alpha value is -1.73. The molecule has 0 aliphatic heterocycles. The van der Waals surface area contributed by atoms with Gasteiger partial charge in [-0.15, -0.1) is 22.0 Å². The van der Waals surface area contributed by atoms with Crippen LogP contribution in [0.15, 0.2) is 29.4 Å². The van der Waals surface area contributed by atoms with Gasteiger partial charge in [0.15, 0.2) is 5.82 Å². The van der Waals surface area contributed by atoms with Crippen LogP contribution in [0.2, 0.25) is 5.02 Å². The Morgan fingerprint density at radius 1 is 1.50 bits per heavy atom. The Balaban J connectivity index is 1.60. The fourth-order valence-corrected chi connectivity index (χ4v) is 2.86. The van der Waals surface area contributed by atoms with E-state index in [0.29, 0.717) is 23.3 Å². The number of halogens is 1. The topological polar surface area (TPSA) is 71.8 Å². The van der Waals surface area contributed by atoms with E-state index in [1.165, 1.54) is 0 Å². The zero-order chi connectivity index (χ0) is 15.5. The summed E-state index contributed by atoms with van der Waals surface area (Å²) in [5.41, 5.74) is 0.696. The van der Waals surface area contributed by atoms with Crippen LogP contribution in [0.5, 0.6) is 0 Å². The molecule has 1 aliphatic carbocycles. The number of carbonyl (C=O) groups excluding carboxylic acids is 1. The highest BCUT2D eigenvalue weighted by molar-refractivity contribution is 7.98. The first-order valence-electron chi connectivity index (χ1n) is 6.94. The number of anilines is 1. The Morgan fingerprint density at radius 2 is 2.32 bits per heavy atom.